The maximum Gasteiger partial charge on any atom is 0.330 e. The lowest BCUT2D eigenvalue weighted by molar-refractivity contribution is -0.146. The number of nitrogens with zero attached hydrogens (tertiary/aromatic N) is 3. The van der Waals surface area contributed by atoms with Crippen LogP contribution in [0, 0.1) is 0 Å². The van der Waals surface area contributed by atoms with Gasteiger partial charge in [-0.15, -0.1) is 0 Å². The first kappa shape index (κ1) is 18.9. The third-order valence-corrected chi connectivity index (χ3v) is 5.87. The van der Waals surface area contributed by atoms with E-state index in [1.54, 1.807) is 36.7 Å². The third-order valence-electron chi connectivity index (χ3n) is 5.29. The number of esters is 1. The molecule has 0 spiro atoms. The van der Waals surface area contributed by atoms with E-state index in [2.05, 4.69) is 21.0 Å². The van der Waals surface area contributed by atoms with Gasteiger partial charge in [-0.2, -0.15) is 5.10 Å². The summed E-state index contributed by atoms with van der Waals surface area (Å²) in [7, 11) is 0. The first-order valence-electron chi connectivity index (χ1n) is 9.39. The highest BCUT2D eigenvalue weighted by Crippen LogP contribution is 2.37. The van der Waals surface area contributed by atoms with E-state index in [1.165, 1.54) is 4.90 Å². The van der Waals surface area contributed by atoms with Crippen LogP contribution in [0.3, 0.4) is 0 Å². The summed E-state index contributed by atoms with van der Waals surface area (Å²) in [6.45, 7) is 3.73. The Bertz CT molecular complexity index is 1010. The van der Waals surface area contributed by atoms with E-state index in [1.807, 2.05) is 0 Å². The fraction of sp³-hybridized carbons (Fsp3) is 0.400. The van der Waals surface area contributed by atoms with Crippen molar-refractivity contribution in [3.05, 3.63) is 33.9 Å². The average Bonchev–Trinajstić information content (AvgIpc) is 3.16. The van der Waals surface area contributed by atoms with Crippen LogP contribution in [0.15, 0.2) is 33.9 Å². The number of hydrogen-bond donors (Lipinski definition) is 0. The SMILES string of the molecule is CCOC(=O)C(C)n1nc(Br)c2ccc(N3C(=O)C4=C(CCCC4)C3=O)cc21. The van der Waals surface area contributed by atoms with Gasteiger partial charge in [0.25, 0.3) is 11.8 Å². The summed E-state index contributed by atoms with van der Waals surface area (Å²) in [5, 5.41) is 5.19. The largest absolute Gasteiger partial charge is 0.464 e. The van der Waals surface area contributed by atoms with Gasteiger partial charge in [-0.25, -0.2) is 14.4 Å². The Labute approximate surface area is 170 Å². The molecular weight excluding hydrogens is 426 g/mol. The lowest BCUT2D eigenvalue weighted by Gasteiger charge is -2.16. The van der Waals surface area contributed by atoms with Crippen LogP contribution < -0.4 is 4.90 Å². The van der Waals surface area contributed by atoms with Gasteiger partial charge in [0.2, 0.25) is 0 Å². The third kappa shape index (κ3) is 2.87. The second-order valence-corrected chi connectivity index (χ2v) is 7.73. The first-order chi connectivity index (χ1) is 13.4. The molecule has 1 aromatic carbocycles. The number of aromatic nitrogens is 2. The zero-order valence-corrected chi connectivity index (χ0v) is 17.3. The second kappa shape index (κ2) is 7.16. The molecule has 2 aromatic rings. The fourth-order valence-corrected chi connectivity index (χ4v) is 4.36. The van der Waals surface area contributed by atoms with E-state index in [0.29, 0.717) is 39.8 Å². The van der Waals surface area contributed by atoms with Gasteiger partial charge in [0, 0.05) is 16.5 Å². The normalized spacial score (nSPS) is 18.0. The highest BCUT2D eigenvalue weighted by Gasteiger charge is 2.39. The highest BCUT2D eigenvalue weighted by molar-refractivity contribution is 9.10. The number of carbonyl (C=O) groups excluding carboxylic acids is 3. The summed E-state index contributed by atoms with van der Waals surface area (Å²) in [6.07, 6.45) is 3.17. The maximum atomic E-state index is 12.8. The van der Waals surface area contributed by atoms with E-state index in [0.717, 1.165) is 18.2 Å². The topological polar surface area (TPSA) is 81.5 Å². The minimum Gasteiger partial charge on any atom is -0.464 e. The lowest BCUT2D eigenvalue weighted by atomic mass is 9.93. The lowest BCUT2D eigenvalue weighted by Crippen LogP contribution is -2.31. The summed E-state index contributed by atoms with van der Waals surface area (Å²) < 4.78 is 7.24. The van der Waals surface area contributed by atoms with E-state index >= 15 is 0 Å². The number of anilines is 1. The summed E-state index contributed by atoms with van der Waals surface area (Å²) >= 11 is 3.42. The van der Waals surface area contributed by atoms with Crippen molar-refractivity contribution in [1.82, 2.24) is 9.78 Å². The van der Waals surface area contributed by atoms with Crippen molar-refractivity contribution in [3.63, 3.8) is 0 Å². The van der Waals surface area contributed by atoms with Crippen molar-refractivity contribution in [3.8, 4) is 0 Å². The molecule has 28 heavy (non-hydrogen) atoms. The van der Waals surface area contributed by atoms with Crippen molar-refractivity contribution in [2.45, 2.75) is 45.6 Å². The molecule has 8 heteroatoms. The number of benzene rings is 1. The Hall–Kier alpha value is -2.48. The van der Waals surface area contributed by atoms with Gasteiger partial charge in [-0.05, 0) is 73.7 Å². The van der Waals surface area contributed by atoms with E-state index < -0.39 is 12.0 Å². The van der Waals surface area contributed by atoms with Crippen LogP contribution in [0.25, 0.3) is 10.9 Å². The Balaban J connectivity index is 1.76. The predicted molar refractivity (Wildman–Crippen MR) is 107 cm³/mol. The summed E-state index contributed by atoms with van der Waals surface area (Å²) in [5.74, 6) is -0.861. The van der Waals surface area contributed by atoms with Gasteiger partial charge in [0.05, 0.1) is 17.8 Å². The molecule has 0 bridgehead atoms. The van der Waals surface area contributed by atoms with Crippen LogP contribution in [-0.2, 0) is 19.1 Å². The van der Waals surface area contributed by atoms with Crippen LogP contribution in [-0.4, -0.2) is 34.2 Å². The van der Waals surface area contributed by atoms with Gasteiger partial charge in [0.1, 0.15) is 10.6 Å². The molecular formula is C20H20BrN3O4. The molecule has 2 aliphatic rings. The van der Waals surface area contributed by atoms with Crippen molar-refractivity contribution in [2.75, 3.05) is 11.5 Å². The molecule has 1 aliphatic heterocycles. The van der Waals surface area contributed by atoms with E-state index in [4.69, 9.17) is 4.74 Å². The number of ether oxygens (including phenoxy) is 1. The van der Waals surface area contributed by atoms with Crippen LogP contribution in [0.1, 0.15) is 45.6 Å². The number of fused-ring (bicyclic) bond motifs is 1. The summed E-state index contributed by atoms with van der Waals surface area (Å²) in [6, 6.07) is 4.63. The number of halogens is 1. The zero-order valence-electron chi connectivity index (χ0n) is 15.7. The van der Waals surface area contributed by atoms with E-state index in [-0.39, 0.29) is 18.4 Å². The smallest absolute Gasteiger partial charge is 0.330 e. The fourth-order valence-electron chi connectivity index (χ4n) is 3.86. The highest BCUT2D eigenvalue weighted by atomic mass is 79.9. The Morgan fingerprint density at radius 1 is 1.21 bits per heavy atom. The molecule has 1 atom stereocenters. The number of hydrogen-bond acceptors (Lipinski definition) is 5. The second-order valence-electron chi connectivity index (χ2n) is 6.97. The van der Waals surface area contributed by atoms with Crippen LogP contribution >= 0.6 is 15.9 Å². The molecule has 1 unspecified atom stereocenters. The minimum absolute atomic E-state index is 0.234. The molecule has 0 saturated heterocycles. The molecule has 2 heterocycles. The van der Waals surface area contributed by atoms with Crippen molar-refractivity contribution in [1.29, 1.82) is 0 Å². The minimum atomic E-state index is -0.639. The Morgan fingerprint density at radius 3 is 2.46 bits per heavy atom. The summed E-state index contributed by atoms with van der Waals surface area (Å²) in [4.78, 5) is 39.1. The number of imide groups is 1. The number of rotatable bonds is 4. The molecule has 0 saturated carbocycles. The molecule has 0 radical (unpaired) electrons. The molecule has 7 nitrogen and oxygen atoms in total. The molecule has 146 valence electrons. The quantitative estimate of drug-likeness (QED) is 0.529. The molecule has 4 rings (SSSR count). The predicted octanol–water partition coefficient (Wildman–Crippen LogP) is 3.67. The van der Waals surface area contributed by atoms with Gasteiger partial charge in [-0.1, -0.05) is 0 Å². The van der Waals surface area contributed by atoms with Crippen LogP contribution in [0.4, 0.5) is 5.69 Å². The number of amides is 2. The average molecular weight is 446 g/mol. The summed E-state index contributed by atoms with van der Waals surface area (Å²) in [5.41, 5.74) is 2.42. The van der Waals surface area contributed by atoms with Crippen LogP contribution in [0.2, 0.25) is 0 Å². The molecule has 1 aromatic heterocycles. The van der Waals surface area contributed by atoms with Gasteiger partial charge in [-0.3, -0.25) is 9.59 Å². The molecule has 2 amide bonds. The Kier molecular flexibility index (Phi) is 4.82. The van der Waals surface area contributed by atoms with Crippen molar-refractivity contribution in [2.24, 2.45) is 0 Å². The van der Waals surface area contributed by atoms with Gasteiger partial charge >= 0.3 is 5.97 Å². The van der Waals surface area contributed by atoms with Crippen molar-refractivity contribution < 1.29 is 19.1 Å². The maximum absolute atomic E-state index is 12.8. The van der Waals surface area contributed by atoms with Gasteiger partial charge < -0.3 is 4.74 Å². The van der Waals surface area contributed by atoms with Crippen LogP contribution in [0.5, 0.6) is 0 Å². The van der Waals surface area contributed by atoms with E-state index in [9.17, 15) is 14.4 Å². The molecule has 1 aliphatic carbocycles. The van der Waals surface area contributed by atoms with Gasteiger partial charge in [0.15, 0.2) is 0 Å². The standard InChI is InChI=1S/C20H20BrN3O4/c1-3-28-20(27)11(2)24-16-10-12(8-9-15(16)17(21)22-24)23-18(25)13-6-4-5-7-14(13)19(23)26/h8-11H,3-7H2,1-2H3. The van der Waals surface area contributed by atoms with Crippen molar-refractivity contribution >= 4 is 50.3 Å². The molecule has 0 fully saturated rings. The Morgan fingerprint density at radius 2 is 1.86 bits per heavy atom. The monoisotopic (exact) mass is 445 g/mol. The molecule has 0 N–H and O–H groups in total. The first-order valence-corrected chi connectivity index (χ1v) is 10.2. The zero-order chi connectivity index (χ0) is 20.0. The number of carbonyl (C=O) groups is 3.